The molecule has 0 atom stereocenters. The van der Waals surface area contributed by atoms with Crippen molar-refractivity contribution in [2.75, 3.05) is 19.6 Å². The molecule has 9 heteroatoms. The summed E-state index contributed by atoms with van der Waals surface area (Å²) in [7, 11) is 0. The Hall–Kier alpha value is -2.32. The molecule has 0 spiro atoms. The summed E-state index contributed by atoms with van der Waals surface area (Å²) in [5.74, 6) is -1.03. The van der Waals surface area contributed by atoms with E-state index in [-0.39, 0.29) is 30.5 Å². The minimum atomic E-state index is -4.67. The highest BCUT2D eigenvalue weighted by Gasteiger charge is 2.33. The number of rotatable bonds is 6. The van der Waals surface area contributed by atoms with Gasteiger partial charge in [-0.05, 0) is 31.5 Å². The van der Waals surface area contributed by atoms with Crippen LogP contribution < -0.4 is 16.0 Å². The van der Waals surface area contributed by atoms with Gasteiger partial charge in [-0.3, -0.25) is 4.79 Å². The molecule has 0 aromatic heterocycles. The monoisotopic (exact) mass is 348 g/mol. The van der Waals surface area contributed by atoms with Crippen LogP contribution in [0.4, 0.5) is 17.6 Å². The highest BCUT2D eigenvalue weighted by Crippen LogP contribution is 2.32. The number of amides is 1. The maximum absolute atomic E-state index is 13.1. The molecule has 1 aromatic rings. The number of carbonyl (C=O) groups excluding carboxylic acids is 1. The number of nitrogens with zero attached hydrogens (tertiary/aromatic N) is 1. The van der Waals surface area contributed by atoms with Gasteiger partial charge in [0.2, 0.25) is 5.91 Å². The first-order chi connectivity index (χ1) is 11.3. The summed E-state index contributed by atoms with van der Waals surface area (Å²) >= 11 is 0. The van der Waals surface area contributed by atoms with E-state index in [0.29, 0.717) is 19.2 Å². The third-order valence-electron chi connectivity index (χ3n) is 2.92. The van der Waals surface area contributed by atoms with Crippen molar-refractivity contribution in [3.05, 3.63) is 35.1 Å². The van der Waals surface area contributed by atoms with Gasteiger partial charge in [0.1, 0.15) is 5.82 Å². The van der Waals surface area contributed by atoms with Crippen LogP contribution in [0.5, 0.6) is 0 Å². The smallest absolute Gasteiger partial charge is 0.357 e. The zero-order chi connectivity index (χ0) is 18.2. The molecule has 1 aromatic carbocycles. The highest BCUT2D eigenvalue weighted by molar-refractivity contribution is 5.86. The Morgan fingerprint density at radius 3 is 2.38 bits per heavy atom. The maximum atomic E-state index is 13.1. The number of hydrogen-bond acceptors (Lipinski definition) is 2. The van der Waals surface area contributed by atoms with Crippen LogP contribution in [0, 0.1) is 5.82 Å². The Balaban J connectivity index is 2.88. The lowest BCUT2D eigenvalue weighted by Crippen LogP contribution is -2.43. The summed E-state index contributed by atoms with van der Waals surface area (Å²) < 4.78 is 51.9. The summed E-state index contributed by atoms with van der Waals surface area (Å²) in [6.07, 6.45) is -4.67. The Labute approximate surface area is 137 Å². The lowest BCUT2D eigenvalue weighted by Gasteiger charge is -2.14. The van der Waals surface area contributed by atoms with Crippen LogP contribution in [0.2, 0.25) is 0 Å². The number of aliphatic imine (C=N–C) groups is 1. The van der Waals surface area contributed by atoms with E-state index in [2.05, 4.69) is 20.9 Å². The fraction of sp³-hybridized carbons (Fsp3) is 0.467. The second kappa shape index (κ2) is 9.09. The van der Waals surface area contributed by atoms with Crippen LogP contribution in [-0.4, -0.2) is 31.5 Å². The molecule has 0 aliphatic rings. The molecular formula is C15H20F4N4O. The predicted molar refractivity (Wildman–Crippen MR) is 82.9 cm³/mol. The summed E-state index contributed by atoms with van der Waals surface area (Å²) in [6.45, 7) is 4.12. The molecule has 0 saturated carbocycles. The van der Waals surface area contributed by atoms with E-state index in [9.17, 15) is 22.4 Å². The Morgan fingerprint density at radius 1 is 1.12 bits per heavy atom. The van der Waals surface area contributed by atoms with Crippen LogP contribution in [0.3, 0.4) is 0 Å². The van der Waals surface area contributed by atoms with E-state index in [1.807, 2.05) is 0 Å². The van der Waals surface area contributed by atoms with Crippen LogP contribution in [0.25, 0.3) is 0 Å². The lowest BCUT2D eigenvalue weighted by atomic mass is 10.1. The SMILES string of the molecule is CCNC(=O)CNC(=NCc1ccc(F)cc1C(F)(F)F)NCC. The van der Waals surface area contributed by atoms with Crippen molar-refractivity contribution >= 4 is 11.9 Å². The second-order valence-corrected chi connectivity index (χ2v) is 4.80. The molecule has 0 radical (unpaired) electrons. The minimum Gasteiger partial charge on any atom is -0.357 e. The Kier molecular flexibility index (Phi) is 7.47. The van der Waals surface area contributed by atoms with Gasteiger partial charge in [-0.2, -0.15) is 13.2 Å². The Bertz CT molecular complexity index is 587. The predicted octanol–water partition coefficient (Wildman–Crippen LogP) is 2.04. The van der Waals surface area contributed by atoms with Gasteiger partial charge in [0.15, 0.2) is 5.96 Å². The number of likely N-dealkylation sites (N-methyl/N-ethyl adjacent to an activating group) is 1. The molecule has 1 amide bonds. The summed E-state index contributed by atoms with van der Waals surface area (Å²) in [6, 6.07) is 2.45. The second-order valence-electron chi connectivity index (χ2n) is 4.80. The van der Waals surface area contributed by atoms with Crippen molar-refractivity contribution in [1.29, 1.82) is 0 Å². The number of carbonyl (C=O) groups is 1. The number of benzene rings is 1. The lowest BCUT2D eigenvalue weighted by molar-refractivity contribution is -0.138. The standard InChI is InChI=1S/C15H20F4N4O/c1-3-20-13(24)9-23-14(21-4-2)22-8-10-5-6-11(16)7-12(10)15(17,18)19/h5-7H,3-4,8-9H2,1-2H3,(H,20,24)(H2,21,22,23). The molecule has 0 aliphatic carbocycles. The molecule has 1 rings (SSSR count). The van der Waals surface area contributed by atoms with Gasteiger partial charge in [0, 0.05) is 13.1 Å². The quantitative estimate of drug-likeness (QED) is 0.419. The van der Waals surface area contributed by atoms with Gasteiger partial charge in [-0.15, -0.1) is 0 Å². The molecule has 3 N–H and O–H groups in total. The van der Waals surface area contributed by atoms with Gasteiger partial charge in [0.25, 0.3) is 0 Å². The fourth-order valence-corrected chi connectivity index (χ4v) is 1.88. The van der Waals surface area contributed by atoms with E-state index >= 15 is 0 Å². The van der Waals surface area contributed by atoms with Crippen molar-refractivity contribution in [2.24, 2.45) is 4.99 Å². The van der Waals surface area contributed by atoms with E-state index < -0.39 is 17.6 Å². The largest absolute Gasteiger partial charge is 0.416 e. The Morgan fingerprint density at radius 2 is 1.79 bits per heavy atom. The van der Waals surface area contributed by atoms with Crippen LogP contribution in [0.1, 0.15) is 25.0 Å². The van der Waals surface area contributed by atoms with Crippen LogP contribution in [-0.2, 0) is 17.5 Å². The first-order valence-electron chi connectivity index (χ1n) is 7.42. The average molecular weight is 348 g/mol. The molecule has 24 heavy (non-hydrogen) atoms. The average Bonchev–Trinajstić information content (AvgIpc) is 2.50. The maximum Gasteiger partial charge on any atom is 0.416 e. The zero-order valence-electron chi connectivity index (χ0n) is 13.4. The number of guanidine groups is 1. The topological polar surface area (TPSA) is 65.5 Å². The van der Waals surface area contributed by atoms with Crippen molar-refractivity contribution in [3.63, 3.8) is 0 Å². The molecule has 5 nitrogen and oxygen atoms in total. The van der Waals surface area contributed by atoms with Gasteiger partial charge in [0.05, 0.1) is 18.7 Å². The zero-order valence-corrected chi connectivity index (χ0v) is 13.4. The van der Waals surface area contributed by atoms with Crippen LogP contribution >= 0.6 is 0 Å². The highest BCUT2D eigenvalue weighted by atomic mass is 19.4. The summed E-state index contributed by atoms with van der Waals surface area (Å²) in [5.41, 5.74) is -1.22. The van der Waals surface area contributed by atoms with Crippen molar-refractivity contribution in [2.45, 2.75) is 26.6 Å². The molecule has 0 fully saturated rings. The van der Waals surface area contributed by atoms with Crippen molar-refractivity contribution < 1.29 is 22.4 Å². The van der Waals surface area contributed by atoms with Crippen molar-refractivity contribution in [3.8, 4) is 0 Å². The minimum absolute atomic E-state index is 0.0603. The molecule has 0 heterocycles. The van der Waals surface area contributed by atoms with Gasteiger partial charge >= 0.3 is 6.18 Å². The van der Waals surface area contributed by atoms with E-state index in [4.69, 9.17) is 0 Å². The van der Waals surface area contributed by atoms with E-state index in [1.165, 1.54) is 0 Å². The first kappa shape index (κ1) is 19.7. The van der Waals surface area contributed by atoms with Gasteiger partial charge < -0.3 is 16.0 Å². The third-order valence-corrected chi connectivity index (χ3v) is 2.92. The number of alkyl halides is 3. The molecular weight excluding hydrogens is 328 g/mol. The molecule has 0 unspecified atom stereocenters. The van der Waals surface area contributed by atoms with E-state index in [0.717, 1.165) is 12.1 Å². The molecule has 0 aliphatic heterocycles. The normalized spacial score (nSPS) is 12.0. The first-order valence-corrected chi connectivity index (χ1v) is 7.42. The number of hydrogen-bond donors (Lipinski definition) is 3. The van der Waals surface area contributed by atoms with Crippen LogP contribution in [0.15, 0.2) is 23.2 Å². The number of halogens is 4. The molecule has 134 valence electrons. The fourth-order valence-electron chi connectivity index (χ4n) is 1.88. The van der Waals surface area contributed by atoms with Gasteiger partial charge in [-0.1, -0.05) is 6.07 Å². The van der Waals surface area contributed by atoms with E-state index in [1.54, 1.807) is 13.8 Å². The van der Waals surface area contributed by atoms with Gasteiger partial charge in [-0.25, -0.2) is 9.38 Å². The number of nitrogens with one attached hydrogen (secondary N) is 3. The van der Waals surface area contributed by atoms with Crippen molar-refractivity contribution in [1.82, 2.24) is 16.0 Å². The molecule has 0 bridgehead atoms. The molecule has 0 saturated heterocycles. The summed E-state index contributed by atoms with van der Waals surface area (Å²) in [4.78, 5) is 15.4. The third kappa shape index (κ3) is 6.43. The summed E-state index contributed by atoms with van der Waals surface area (Å²) in [5, 5.41) is 8.12.